The molecule has 0 aliphatic heterocycles. The number of methoxy groups -OCH3 is 1. The van der Waals surface area contributed by atoms with Crippen molar-refractivity contribution in [3.8, 4) is 11.5 Å². The zero-order valence-electron chi connectivity index (χ0n) is 33.6. The summed E-state index contributed by atoms with van der Waals surface area (Å²) < 4.78 is 26.9. The molecule has 15 nitrogen and oxygen atoms in total. The van der Waals surface area contributed by atoms with Gasteiger partial charge in [0.1, 0.15) is 48.0 Å². The minimum Gasteiger partial charge on any atom is -0.497 e. The van der Waals surface area contributed by atoms with Gasteiger partial charge in [0.15, 0.2) is 0 Å². The topological polar surface area (TPSA) is 205 Å². The van der Waals surface area contributed by atoms with Crippen LogP contribution in [0.2, 0.25) is 0 Å². The Morgan fingerprint density at radius 2 is 1.33 bits per heavy atom. The number of ketones is 1. The third kappa shape index (κ3) is 16.4. The molecule has 0 heterocycles. The van der Waals surface area contributed by atoms with Crippen molar-refractivity contribution in [1.29, 1.82) is 0 Å². The van der Waals surface area contributed by atoms with Gasteiger partial charge in [-0.25, -0.2) is 9.59 Å². The molecule has 4 atom stereocenters. The molecule has 0 spiro atoms. The molecule has 308 valence electrons. The average Bonchev–Trinajstić information content (AvgIpc) is 3.14. The fourth-order valence-corrected chi connectivity index (χ4v) is 5.18. The molecule has 0 saturated heterocycles. The molecule has 0 radical (unpaired) electrons. The number of esters is 2. The third-order valence-electron chi connectivity index (χ3n) is 7.91. The van der Waals surface area contributed by atoms with Crippen LogP contribution in [0.15, 0.2) is 78.9 Å². The molecule has 57 heavy (non-hydrogen) atoms. The minimum absolute atomic E-state index is 0.0405. The number of carbonyl (C=O) groups is 6. The second kappa shape index (κ2) is 20.8. The molecule has 3 aromatic carbocycles. The fourth-order valence-electron chi connectivity index (χ4n) is 5.18. The number of alkyl carbamates (subject to hydrolysis) is 1. The number of rotatable bonds is 18. The summed E-state index contributed by atoms with van der Waals surface area (Å²) in [7, 11) is 1.46. The van der Waals surface area contributed by atoms with Crippen LogP contribution in [0.3, 0.4) is 0 Å². The first-order valence-electron chi connectivity index (χ1n) is 18.3. The smallest absolute Gasteiger partial charge is 0.408 e. The summed E-state index contributed by atoms with van der Waals surface area (Å²) in [5, 5.41) is 18.8. The molecule has 0 fully saturated rings. The second-order valence-corrected chi connectivity index (χ2v) is 15.2. The maximum Gasteiger partial charge on any atom is 0.408 e. The average molecular weight is 792 g/mol. The monoisotopic (exact) mass is 791 g/mol. The first-order chi connectivity index (χ1) is 26.7. The summed E-state index contributed by atoms with van der Waals surface area (Å²) in [5.41, 5.74) is -0.0739. The van der Waals surface area contributed by atoms with Crippen LogP contribution in [0.5, 0.6) is 11.5 Å². The largest absolute Gasteiger partial charge is 0.497 e. The summed E-state index contributed by atoms with van der Waals surface area (Å²) in [5.74, 6) is -3.81. The van der Waals surface area contributed by atoms with E-state index in [4.69, 9.17) is 23.7 Å². The number of ether oxygens (including phenoxy) is 5. The van der Waals surface area contributed by atoms with Crippen LogP contribution in [-0.4, -0.2) is 89.9 Å². The summed E-state index contributed by atoms with van der Waals surface area (Å²) in [6, 6.07) is 19.7. The molecule has 0 aromatic heterocycles. The number of nitrogens with one attached hydrogen (secondary N) is 3. The van der Waals surface area contributed by atoms with Gasteiger partial charge in [0.25, 0.3) is 11.7 Å². The van der Waals surface area contributed by atoms with Gasteiger partial charge in [0.05, 0.1) is 25.7 Å². The van der Waals surface area contributed by atoms with Crippen molar-refractivity contribution in [3.05, 3.63) is 95.6 Å². The Morgan fingerprint density at radius 1 is 0.737 bits per heavy atom. The maximum atomic E-state index is 13.3. The number of carbonyl (C=O) groups excluding carboxylic acids is 6. The van der Waals surface area contributed by atoms with Crippen molar-refractivity contribution in [1.82, 2.24) is 16.0 Å². The van der Waals surface area contributed by atoms with E-state index in [9.17, 15) is 33.9 Å². The van der Waals surface area contributed by atoms with Crippen molar-refractivity contribution < 1.29 is 57.6 Å². The van der Waals surface area contributed by atoms with Crippen LogP contribution < -0.4 is 25.4 Å². The minimum atomic E-state index is -1.67. The SMILES string of the molecule is COc1ccc(C(=O)N[C@H](C(=O)C(=O)OC(C)(C)C)[C@@H](C)OC(=O)C[C@H](O)[C@H](Cc2ccc(OCc3ccccc3)cc2)NC(=O)CNC(=O)OC(C)(C)C)cc1. The molecule has 3 rings (SSSR count). The van der Waals surface area contributed by atoms with Crippen molar-refractivity contribution >= 4 is 35.6 Å². The van der Waals surface area contributed by atoms with Gasteiger partial charge in [-0.3, -0.25) is 19.2 Å². The van der Waals surface area contributed by atoms with E-state index >= 15 is 0 Å². The van der Waals surface area contributed by atoms with Crippen LogP contribution in [0, 0.1) is 0 Å². The maximum absolute atomic E-state index is 13.3. The molecule has 4 N–H and O–H groups in total. The van der Waals surface area contributed by atoms with E-state index in [-0.39, 0.29) is 12.0 Å². The van der Waals surface area contributed by atoms with E-state index in [0.29, 0.717) is 23.7 Å². The summed E-state index contributed by atoms with van der Waals surface area (Å²) in [6.45, 7) is 10.8. The normalized spacial score (nSPS) is 13.4. The van der Waals surface area contributed by atoms with Crippen LogP contribution >= 0.6 is 0 Å². The van der Waals surface area contributed by atoms with E-state index in [1.807, 2.05) is 30.3 Å². The zero-order valence-corrected chi connectivity index (χ0v) is 33.6. The number of benzene rings is 3. The number of Topliss-reactive ketones (excluding diaryl/α,β-unsaturated/α-hetero) is 1. The van der Waals surface area contributed by atoms with Crippen molar-refractivity contribution in [2.24, 2.45) is 0 Å². The first-order valence-corrected chi connectivity index (χ1v) is 18.3. The lowest BCUT2D eigenvalue weighted by Gasteiger charge is -2.27. The van der Waals surface area contributed by atoms with Crippen molar-refractivity contribution in [2.75, 3.05) is 13.7 Å². The molecule has 0 bridgehead atoms. The molecule has 0 unspecified atom stereocenters. The Kier molecular flexibility index (Phi) is 16.6. The van der Waals surface area contributed by atoms with Gasteiger partial charge in [0.2, 0.25) is 5.91 Å². The van der Waals surface area contributed by atoms with Gasteiger partial charge in [-0.15, -0.1) is 0 Å². The Bertz CT molecular complexity index is 1820. The van der Waals surface area contributed by atoms with Crippen LogP contribution in [-0.2, 0) is 46.4 Å². The van der Waals surface area contributed by atoms with Crippen molar-refractivity contribution in [2.45, 2.75) is 103 Å². The van der Waals surface area contributed by atoms with E-state index in [0.717, 1.165) is 5.56 Å². The van der Waals surface area contributed by atoms with E-state index in [1.165, 1.54) is 38.3 Å². The highest BCUT2D eigenvalue weighted by molar-refractivity contribution is 6.36. The van der Waals surface area contributed by atoms with Crippen LogP contribution in [0.4, 0.5) is 4.79 Å². The number of hydrogen-bond donors (Lipinski definition) is 4. The lowest BCUT2D eigenvalue weighted by atomic mass is 9.98. The highest BCUT2D eigenvalue weighted by Crippen LogP contribution is 2.18. The zero-order chi connectivity index (χ0) is 42.3. The predicted octanol–water partition coefficient (Wildman–Crippen LogP) is 4.22. The van der Waals surface area contributed by atoms with Crippen LogP contribution in [0.1, 0.15) is 76.4 Å². The molecular formula is C42H53N3O12. The van der Waals surface area contributed by atoms with E-state index in [1.54, 1.807) is 65.8 Å². The van der Waals surface area contributed by atoms with Crippen molar-refractivity contribution in [3.63, 3.8) is 0 Å². The number of hydrogen-bond acceptors (Lipinski definition) is 12. The fraction of sp³-hybridized carbons (Fsp3) is 0.429. The summed E-state index contributed by atoms with van der Waals surface area (Å²) >= 11 is 0. The lowest BCUT2D eigenvalue weighted by Crippen LogP contribution is -2.53. The Labute approximate surface area is 332 Å². The molecule has 3 aromatic rings. The van der Waals surface area contributed by atoms with Gasteiger partial charge in [0, 0.05) is 5.56 Å². The van der Waals surface area contributed by atoms with Gasteiger partial charge in [-0.05, 0) is 102 Å². The third-order valence-corrected chi connectivity index (χ3v) is 7.91. The Hall–Kier alpha value is -5.96. The molecule has 0 aliphatic rings. The Balaban J connectivity index is 1.76. The molecule has 15 heteroatoms. The molecule has 0 aliphatic carbocycles. The summed E-state index contributed by atoms with van der Waals surface area (Å²) in [6.07, 6.45) is -4.42. The lowest BCUT2D eigenvalue weighted by molar-refractivity contribution is -0.166. The highest BCUT2D eigenvalue weighted by atomic mass is 16.6. The number of amides is 3. The standard InChI is InChI=1S/C42H53N3O12/c1-26(36(37(49)39(51)56-41(2,3)4)45-38(50)29-16-20-30(53-8)21-17-29)55-35(48)23-33(46)32(44-34(47)24-43-40(52)57-42(5,6)7)22-27-14-18-31(19-15-27)54-25-28-12-10-9-11-13-28/h9-21,26,32-33,36,46H,22-25H2,1-8H3,(H,43,52)(H,44,47)(H,45,50)/t26-,32+,33+,36+/m1/s1. The second-order valence-electron chi connectivity index (χ2n) is 15.2. The van der Waals surface area contributed by atoms with Gasteiger partial charge in [-0.1, -0.05) is 42.5 Å². The molecule has 3 amide bonds. The first kappa shape index (κ1) is 45.4. The Morgan fingerprint density at radius 3 is 1.91 bits per heavy atom. The van der Waals surface area contributed by atoms with Gasteiger partial charge >= 0.3 is 18.0 Å². The number of aliphatic hydroxyl groups excluding tert-OH is 1. The van der Waals surface area contributed by atoms with Gasteiger partial charge in [-0.2, -0.15) is 0 Å². The predicted molar refractivity (Wildman–Crippen MR) is 208 cm³/mol. The molecule has 0 saturated carbocycles. The highest BCUT2D eigenvalue weighted by Gasteiger charge is 2.37. The quantitative estimate of drug-likeness (QED) is 0.0813. The van der Waals surface area contributed by atoms with E-state index in [2.05, 4.69) is 16.0 Å². The van der Waals surface area contributed by atoms with Gasteiger partial charge < -0.3 is 44.7 Å². The summed E-state index contributed by atoms with van der Waals surface area (Å²) in [4.78, 5) is 77.8. The van der Waals surface area contributed by atoms with E-state index < -0.39 is 84.1 Å². The number of aliphatic hydroxyl groups is 1. The van der Waals surface area contributed by atoms with Crippen LogP contribution in [0.25, 0.3) is 0 Å². The molecular weight excluding hydrogens is 738 g/mol.